The third-order valence-corrected chi connectivity index (χ3v) is 4.72. The number of aliphatic hydroxyl groups is 1. The molecule has 1 fully saturated rings. The van der Waals surface area contributed by atoms with E-state index in [4.69, 9.17) is 0 Å². The lowest BCUT2D eigenvalue weighted by molar-refractivity contribution is -0.120. The third kappa shape index (κ3) is 4.62. The summed E-state index contributed by atoms with van der Waals surface area (Å²) in [6.45, 7) is 4.07. The van der Waals surface area contributed by atoms with Gasteiger partial charge in [-0.2, -0.15) is 0 Å². The molecule has 126 valence electrons. The van der Waals surface area contributed by atoms with Gasteiger partial charge in [0.1, 0.15) is 0 Å². The first-order chi connectivity index (χ1) is 10.9. The molecule has 0 bridgehead atoms. The van der Waals surface area contributed by atoms with Gasteiger partial charge in [-0.05, 0) is 51.8 Å². The molecule has 0 spiro atoms. The molecule has 2 N–H and O–H groups in total. The first-order valence-corrected chi connectivity index (χ1v) is 8.18. The van der Waals surface area contributed by atoms with E-state index in [1.165, 1.54) is 6.92 Å². The molecule has 2 rings (SSSR count). The fraction of sp³-hybridized carbons (Fsp3) is 0.556. The topological polar surface area (TPSA) is 69.6 Å². The maximum absolute atomic E-state index is 12.4. The highest BCUT2D eigenvalue weighted by Gasteiger charge is 2.28. The lowest BCUT2D eigenvalue weighted by atomic mass is 10.0. The molecule has 0 aromatic heterocycles. The van der Waals surface area contributed by atoms with Crippen molar-refractivity contribution in [1.82, 2.24) is 4.90 Å². The molecule has 0 radical (unpaired) electrons. The summed E-state index contributed by atoms with van der Waals surface area (Å²) in [6.07, 6.45) is 2.68. The Morgan fingerprint density at radius 1 is 1.39 bits per heavy atom. The zero-order chi connectivity index (χ0) is 17.0. The average molecular weight is 318 g/mol. The molecule has 0 aliphatic heterocycles. The molecule has 5 nitrogen and oxygen atoms in total. The SMILES string of the molecule is CC(=O)c1cccc(NC(=O)C(C)N(C)CC2CCCC2O)c1. The van der Waals surface area contributed by atoms with Gasteiger partial charge in [0.2, 0.25) is 5.91 Å². The van der Waals surface area contributed by atoms with E-state index in [-0.39, 0.29) is 29.8 Å². The summed E-state index contributed by atoms with van der Waals surface area (Å²) in [6, 6.07) is 6.65. The maximum Gasteiger partial charge on any atom is 0.241 e. The molecule has 1 saturated carbocycles. The second-order valence-electron chi connectivity index (χ2n) is 6.50. The van der Waals surface area contributed by atoms with Crippen LogP contribution in [0.15, 0.2) is 24.3 Å². The molecular formula is C18H26N2O3. The van der Waals surface area contributed by atoms with E-state index >= 15 is 0 Å². The number of ketones is 1. The summed E-state index contributed by atoms with van der Waals surface area (Å²) in [4.78, 5) is 25.8. The monoisotopic (exact) mass is 318 g/mol. The number of hydrogen-bond acceptors (Lipinski definition) is 4. The highest BCUT2D eigenvalue weighted by molar-refractivity contribution is 5.98. The van der Waals surface area contributed by atoms with Crippen molar-refractivity contribution >= 4 is 17.4 Å². The van der Waals surface area contributed by atoms with E-state index in [2.05, 4.69) is 5.32 Å². The molecule has 23 heavy (non-hydrogen) atoms. The van der Waals surface area contributed by atoms with E-state index < -0.39 is 0 Å². The van der Waals surface area contributed by atoms with E-state index in [9.17, 15) is 14.7 Å². The molecule has 0 saturated heterocycles. The van der Waals surface area contributed by atoms with Gasteiger partial charge in [-0.1, -0.05) is 18.6 Å². The van der Waals surface area contributed by atoms with E-state index in [1.807, 2.05) is 18.9 Å². The second kappa shape index (κ2) is 7.70. The summed E-state index contributed by atoms with van der Waals surface area (Å²) in [5.74, 6) is 0.110. The van der Waals surface area contributed by atoms with Crippen LogP contribution in [0.2, 0.25) is 0 Å². The zero-order valence-electron chi connectivity index (χ0n) is 14.1. The number of carbonyl (C=O) groups is 2. The van der Waals surface area contributed by atoms with Gasteiger partial charge < -0.3 is 10.4 Å². The first-order valence-electron chi connectivity index (χ1n) is 8.18. The number of Topliss-reactive ketones (excluding diaryl/α,β-unsaturated/α-hetero) is 1. The number of aliphatic hydroxyl groups excluding tert-OH is 1. The second-order valence-corrected chi connectivity index (χ2v) is 6.50. The summed E-state index contributed by atoms with van der Waals surface area (Å²) < 4.78 is 0. The first kappa shape index (κ1) is 17.6. The Morgan fingerprint density at radius 3 is 2.74 bits per heavy atom. The number of likely N-dealkylation sites (N-methyl/N-ethyl adjacent to an activating group) is 1. The standard InChI is InChI=1S/C18H26N2O3/c1-12(20(3)11-15-7-5-9-17(15)22)18(23)19-16-8-4-6-14(10-16)13(2)21/h4,6,8,10,12,15,17,22H,5,7,9,11H2,1-3H3,(H,19,23). The van der Waals surface area contributed by atoms with Crippen molar-refractivity contribution in [3.63, 3.8) is 0 Å². The van der Waals surface area contributed by atoms with Crippen LogP contribution in [0.25, 0.3) is 0 Å². The Kier molecular flexibility index (Phi) is 5.91. The molecule has 1 aliphatic rings. The Balaban J connectivity index is 1.93. The molecule has 0 heterocycles. The van der Waals surface area contributed by atoms with E-state index in [0.29, 0.717) is 17.8 Å². The van der Waals surface area contributed by atoms with Gasteiger partial charge in [0, 0.05) is 17.8 Å². The molecule has 3 atom stereocenters. The fourth-order valence-corrected chi connectivity index (χ4v) is 3.02. The maximum atomic E-state index is 12.4. The van der Waals surface area contributed by atoms with Crippen molar-refractivity contribution in [1.29, 1.82) is 0 Å². The summed E-state index contributed by atoms with van der Waals surface area (Å²) in [7, 11) is 1.90. The van der Waals surface area contributed by atoms with Crippen molar-refractivity contribution < 1.29 is 14.7 Å². The summed E-state index contributed by atoms with van der Waals surface area (Å²) >= 11 is 0. The van der Waals surface area contributed by atoms with Crippen molar-refractivity contribution in [2.24, 2.45) is 5.92 Å². The zero-order valence-corrected chi connectivity index (χ0v) is 14.1. The number of amides is 1. The minimum atomic E-state index is -0.302. The van der Waals surface area contributed by atoms with Gasteiger partial charge in [-0.25, -0.2) is 0 Å². The van der Waals surface area contributed by atoms with Crippen LogP contribution in [-0.4, -0.2) is 47.4 Å². The number of anilines is 1. The highest BCUT2D eigenvalue weighted by atomic mass is 16.3. The van der Waals surface area contributed by atoms with Gasteiger partial charge in [0.25, 0.3) is 0 Å². The molecular weight excluding hydrogens is 292 g/mol. The van der Waals surface area contributed by atoms with Crippen molar-refractivity contribution in [2.45, 2.75) is 45.3 Å². The molecule has 1 aliphatic carbocycles. The molecule has 3 unspecified atom stereocenters. The van der Waals surface area contributed by atoms with Crippen LogP contribution in [0.3, 0.4) is 0 Å². The van der Waals surface area contributed by atoms with Crippen LogP contribution >= 0.6 is 0 Å². The Hall–Kier alpha value is -1.72. The van der Waals surface area contributed by atoms with Crippen molar-refractivity contribution in [3.8, 4) is 0 Å². The van der Waals surface area contributed by atoms with Crippen LogP contribution in [0.5, 0.6) is 0 Å². The number of hydrogen-bond donors (Lipinski definition) is 2. The number of carbonyl (C=O) groups excluding carboxylic acids is 2. The Bertz CT molecular complexity index is 573. The largest absolute Gasteiger partial charge is 0.393 e. The molecule has 1 aromatic rings. The minimum Gasteiger partial charge on any atom is -0.393 e. The Labute approximate surface area is 137 Å². The van der Waals surface area contributed by atoms with Crippen LogP contribution in [0.1, 0.15) is 43.5 Å². The predicted molar refractivity (Wildman–Crippen MR) is 90.5 cm³/mol. The Morgan fingerprint density at radius 2 is 2.13 bits per heavy atom. The number of nitrogens with one attached hydrogen (secondary N) is 1. The smallest absolute Gasteiger partial charge is 0.241 e. The average Bonchev–Trinajstić information content (AvgIpc) is 2.91. The van der Waals surface area contributed by atoms with Gasteiger partial charge in [0.15, 0.2) is 5.78 Å². The quantitative estimate of drug-likeness (QED) is 0.790. The van der Waals surface area contributed by atoms with Crippen molar-refractivity contribution in [2.75, 3.05) is 18.9 Å². The van der Waals surface area contributed by atoms with Gasteiger partial charge in [-0.15, -0.1) is 0 Å². The van der Waals surface area contributed by atoms with Crippen LogP contribution < -0.4 is 5.32 Å². The normalized spacial score (nSPS) is 22.1. The molecule has 5 heteroatoms. The number of nitrogens with zero attached hydrogens (tertiary/aromatic N) is 1. The summed E-state index contributed by atoms with van der Waals surface area (Å²) in [5, 5.41) is 12.8. The van der Waals surface area contributed by atoms with E-state index in [0.717, 1.165) is 19.3 Å². The van der Waals surface area contributed by atoms with E-state index in [1.54, 1.807) is 24.3 Å². The minimum absolute atomic E-state index is 0.0264. The predicted octanol–water partition coefficient (Wildman–Crippen LogP) is 2.31. The number of rotatable bonds is 6. The fourth-order valence-electron chi connectivity index (χ4n) is 3.02. The molecule has 1 amide bonds. The summed E-state index contributed by atoms with van der Waals surface area (Å²) in [5.41, 5.74) is 1.21. The number of benzene rings is 1. The lowest BCUT2D eigenvalue weighted by Gasteiger charge is -2.28. The van der Waals surface area contributed by atoms with Crippen molar-refractivity contribution in [3.05, 3.63) is 29.8 Å². The van der Waals surface area contributed by atoms with Gasteiger partial charge in [-0.3, -0.25) is 14.5 Å². The molecule has 1 aromatic carbocycles. The van der Waals surface area contributed by atoms with Gasteiger partial charge in [0.05, 0.1) is 12.1 Å². The van der Waals surface area contributed by atoms with Crippen LogP contribution in [0, 0.1) is 5.92 Å². The third-order valence-electron chi connectivity index (χ3n) is 4.72. The van der Waals surface area contributed by atoms with Crippen LogP contribution in [0.4, 0.5) is 5.69 Å². The highest BCUT2D eigenvalue weighted by Crippen LogP contribution is 2.26. The lowest BCUT2D eigenvalue weighted by Crippen LogP contribution is -2.43. The van der Waals surface area contributed by atoms with Gasteiger partial charge >= 0.3 is 0 Å². The van der Waals surface area contributed by atoms with Crippen LogP contribution in [-0.2, 0) is 4.79 Å².